The lowest BCUT2D eigenvalue weighted by Crippen LogP contribution is -2.42. The summed E-state index contributed by atoms with van der Waals surface area (Å²) in [6, 6.07) is 2.09. The number of amides is 1. The number of rotatable bonds is 3. The second-order valence-corrected chi connectivity index (χ2v) is 6.52. The predicted molar refractivity (Wildman–Crippen MR) is 81.9 cm³/mol. The van der Waals surface area contributed by atoms with Crippen molar-refractivity contribution in [1.29, 1.82) is 0 Å². The van der Waals surface area contributed by atoms with E-state index in [-0.39, 0.29) is 18.0 Å². The average Bonchev–Trinajstić information content (AvgIpc) is 3.18. The van der Waals surface area contributed by atoms with E-state index in [9.17, 15) is 4.79 Å². The fourth-order valence-electron chi connectivity index (χ4n) is 3.84. The molecule has 1 saturated heterocycles. The Morgan fingerprint density at radius 3 is 2.91 bits per heavy atom. The van der Waals surface area contributed by atoms with Crippen LogP contribution in [-0.4, -0.2) is 42.8 Å². The second-order valence-electron chi connectivity index (χ2n) is 6.52. The first-order valence-corrected chi connectivity index (χ1v) is 8.34. The van der Waals surface area contributed by atoms with E-state index in [4.69, 9.17) is 4.52 Å². The molecule has 2 aromatic heterocycles. The van der Waals surface area contributed by atoms with E-state index in [1.54, 1.807) is 13.0 Å². The molecule has 0 saturated carbocycles. The van der Waals surface area contributed by atoms with Crippen LogP contribution in [0.1, 0.15) is 54.1 Å². The summed E-state index contributed by atoms with van der Waals surface area (Å²) in [4.78, 5) is 14.9. The average molecular weight is 315 g/mol. The predicted octanol–water partition coefficient (Wildman–Crippen LogP) is 1.76. The largest absolute Gasteiger partial charge is 0.361 e. The zero-order chi connectivity index (χ0) is 16.0. The van der Waals surface area contributed by atoms with Gasteiger partial charge in [-0.15, -0.1) is 10.2 Å². The van der Waals surface area contributed by atoms with Crippen molar-refractivity contribution in [3.63, 3.8) is 0 Å². The van der Waals surface area contributed by atoms with Crippen molar-refractivity contribution < 1.29 is 9.32 Å². The molecule has 122 valence electrons. The van der Waals surface area contributed by atoms with Crippen LogP contribution < -0.4 is 0 Å². The maximum absolute atomic E-state index is 12.9. The van der Waals surface area contributed by atoms with Gasteiger partial charge in [0.2, 0.25) is 0 Å². The quantitative estimate of drug-likeness (QED) is 0.862. The molecule has 1 amide bonds. The van der Waals surface area contributed by atoms with E-state index >= 15 is 0 Å². The molecule has 0 unspecified atom stereocenters. The number of hydrogen-bond acceptors (Lipinski definition) is 5. The van der Waals surface area contributed by atoms with Gasteiger partial charge in [-0.1, -0.05) is 12.1 Å². The Morgan fingerprint density at radius 2 is 2.17 bits per heavy atom. The van der Waals surface area contributed by atoms with E-state index in [1.165, 1.54) is 0 Å². The van der Waals surface area contributed by atoms with Gasteiger partial charge in [-0.3, -0.25) is 4.79 Å². The molecule has 1 fully saturated rings. The summed E-state index contributed by atoms with van der Waals surface area (Å²) in [5.41, 5.74) is 0.408. The van der Waals surface area contributed by atoms with Crippen molar-refractivity contribution in [1.82, 2.24) is 24.8 Å². The van der Waals surface area contributed by atoms with Gasteiger partial charge in [-0.2, -0.15) is 0 Å². The highest BCUT2D eigenvalue weighted by molar-refractivity contribution is 5.93. The molecule has 2 bridgehead atoms. The number of nitrogens with zero attached hydrogens (tertiary/aromatic N) is 5. The van der Waals surface area contributed by atoms with Crippen molar-refractivity contribution in [2.45, 2.75) is 64.6 Å². The van der Waals surface area contributed by atoms with Crippen molar-refractivity contribution in [3.8, 4) is 0 Å². The van der Waals surface area contributed by atoms with Gasteiger partial charge in [0.1, 0.15) is 17.4 Å². The SMILES string of the molecule is CCCc1nnc2n1C[C@H]1CC[C@@H](C2)N1C(=O)c1cc(C)on1. The molecule has 2 aromatic rings. The minimum Gasteiger partial charge on any atom is -0.361 e. The van der Waals surface area contributed by atoms with Gasteiger partial charge in [0.15, 0.2) is 5.69 Å². The van der Waals surface area contributed by atoms with Crippen LogP contribution >= 0.6 is 0 Å². The van der Waals surface area contributed by atoms with E-state index in [2.05, 4.69) is 26.8 Å². The fraction of sp³-hybridized carbons (Fsp3) is 0.625. The lowest BCUT2D eigenvalue weighted by Gasteiger charge is -2.27. The summed E-state index contributed by atoms with van der Waals surface area (Å²) in [5.74, 6) is 2.69. The van der Waals surface area contributed by atoms with Gasteiger partial charge in [0.25, 0.3) is 5.91 Å². The molecular formula is C16H21N5O2. The maximum atomic E-state index is 12.9. The summed E-state index contributed by atoms with van der Waals surface area (Å²) in [6.07, 6.45) is 4.79. The third kappa shape index (κ3) is 2.34. The summed E-state index contributed by atoms with van der Waals surface area (Å²) >= 11 is 0. The molecule has 7 heteroatoms. The van der Waals surface area contributed by atoms with Crippen molar-refractivity contribution in [2.24, 2.45) is 0 Å². The highest BCUT2D eigenvalue weighted by Gasteiger charge is 2.42. The van der Waals surface area contributed by atoms with Crippen LogP contribution in [0.3, 0.4) is 0 Å². The van der Waals surface area contributed by atoms with Crippen molar-refractivity contribution in [2.75, 3.05) is 0 Å². The minimum atomic E-state index is -0.0231. The highest BCUT2D eigenvalue weighted by atomic mass is 16.5. The number of carbonyl (C=O) groups is 1. The fourth-order valence-corrected chi connectivity index (χ4v) is 3.84. The Kier molecular flexibility index (Phi) is 3.43. The Labute approximate surface area is 134 Å². The standard InChI is InChI=1S/C16H21N5O2/c1-3-4-14-17-18-15-8-11-5-6-12(9-20(14)15)21(11)16(22)13-7-10(2)23-19-13/h7,11-12H,3-6,8-9H2,1-2H3/t11-,12+/m0/s1. The monoisotopic (exact) mass is 315 g/mol. The molecular weight excluding hydrogens is 294 g/mol. The topological polar surface area (TPSA) is 77.0 Å². The molecule has 2 aliphatic rings. The number of hydrogen-bond donors (Lipinski definition) is 0. The Morgan fingerprint density at radius 1 is 1.35 bits per heavy atom. The van der Waals surface area contributed by atoms with Crippen LogP contribution in [-0.2, 0) is 19.4 Å². The molecule has 4 heterocycles. The van der Waals surface area contributed by atoms with Crippen molar-refractivity contribution in [3.05, 3.63) is 29.2 Å². The first-order valence-electron chi connectivity index (χ1n) is 8.34. The summed E-state index contributed by atoms with van der Waals surface area (Å²) in [7, 11) is 0. The second kappa shape index (κ2) is 5.47. The normalized spacial score (nSPS) is 23.0. The minimum absolute atomic E-state index is 0.0231. The molecule has 0 spiro atoms. The van der Waals surface area contributed by atoms with Crippen LogP contribution in [0.4, 0.5) is 0 Å². The molecule has 2 aliphatic heterocycles. The maximum Gasteiger partial charge on any atom is 0.276 e. The Hall–Kier alpha value is -2.18. The van der Waals surface area contributed by atoms with E-state index in [1.807, 2.05) is 4.90 Å². The molecule has 0 aliphatic carbocycles. The van der Waals surface area contributed by atoms with E-state index in [0.29, 0.717) is 11.5 Å². The van der Waals surface area contributed by atoms with Crippen LogP contribution in [0.2, 0.25) is 0 Å². The number of fused-ring (bicyclic) bond motifs is 3. The zero-order valence-corrected chi connectivity index (χ0v) is 13.5. The van der Waals surface area contributed by atoms with Crippen LogP contribution in [0.25, 0.3) is 0 Å². The van der Waals surface area contributed by atoms with Gasteiger partial charge in [-0.05, 0) is 26.2 Å². The molecule has 2 atom stereocenters. The lowest BCUT2D eigenvalue weighted by atomic mass is 10.1. The number of aryl methyl sites for hydroxylation is 2. The molecule has 4 rings (SSSR count). The zero-order valence-electron chi connectivity index (χ0n) is 13.5. The summed E-state index contributed by atoms with van der Waals surface area (Å²) < 4.78 is 7.30. The van der Waals surface area contributed by atoms with Gasteiger partial charge < -0.3 is 14.0 Å². The van der Waals surface area contributed by atoms with Gasteiger partial charge >= 0.3 is 0 Å². The highest BCUT2D eigenvalue weighted by Crippen LogP contribution is 2.32. The number of carbonyl (C=O) groups excluding carboxylic acids is 1. The summed E-state index contributed by atoms with van der Waals surface area (Å²) in [6.45, 7) is 4.74. The van der Waals surface area contributed by atoms with Crippen molar-refractivity contribution >= 4 is 5.91 Å². The molecule has 0 aromatic carbocycles. The lowest BCUT2D eigenvalue weighted by molar-refractivity contribution is 0.0654. The third-order valence-electron chi connectivity index (χ3n) is 4.89. The Bertz CT molecular complexity index is 735. The third-order valence-corrected chi connectivity index (χ3v) is 4.89. The first-order chi connectivity index (χ1) is 11.2. The Balaban J connectivity index is 1.64. The van der Waals surface area contributed by atoms with Gasteiger partial charge in [0, 0.05) is 31.5 Å². The smallest absolute Gasteiger partial charge is 0.276 e. The molecule has 0 radical (unpaired) electrons. The van der Waals surface area contributed by atoms with E-state index < -0.39 is 0 Å². The number of aromatic nitrogens is 4. The van der Waals surface area contributed by atoms with E-state index in [0.717, 1.165) is 50.3 Å². The van der Waals surface area contributed by atoms with Crippen LogP contribution in [0.15, 0.2) is 10.6 Å². The summed E-state index contributed by atoms with van der Waals surface area (Å²) in [5, 5.41) is 12.6. The van der Waals surface area contributed by atoms with Crippen LogP contribution in [0, 0.1) is 6.92 Å². The van der Waals surface area contributed by atoms with Crippen LogP contribution in [0.5, 0.6) is 0 Å². The van der Waals surface area contributed by atoms with Gasteiger partial charge in [0.05, 0.1) is 6.04 Å². The van der Waals surface area contributed by atoms with Gasteiger partial charge in [-0.25, -0.2) is 0 Å². The first kappa shape index (κ1) is 14.4. The molecule has 23 heavy (non-hydrogen) atoms. The molecule has 7 nitrogen and oxygen atoms in total. The molecule has 0 N–H and O–H groups in total.